The van der Waals surface area contributed by atoms with Crippen molar-refractivity contribution in [3.8, 4) is 0 Å². The van der Waals surface area contributed by atoms with Crippen LogP contribution in [0.1, 0.15) is 34.3 Å². The van der Waals surface area contributed by atoms with Gasteiger partial charge >= 0.3 is 6.18 Å². The maximum absolute atomic E-state index is 12.9. The third kappa shape index (κ3) is 5.54. The van der Waals surface area contributed by atoms with Crippen LogP contribution in [0.4, 0.5) is 19.0 Å². The molecule has 0 unspecified atom stereocenters. The summed E-state index contributed by atoms with van der Waals surface area (Å²) in [5.41, 5.74) is 4.77. The number of aromatic nitrogens is 1. The van der Waals surface area contributed by atoms with Crippen molar-refractivity contribution < 1.29 is 18.0 Å². The number of nitrogens with zero attached hydrogens (tertiary/aromatic N) is 1. The Morgan fingerprint density at radius 1 is 1.27 bits per heavy atom. The molecule has 0 radical (unpaired) electrons. The zero-order valence-corrected chi connectivity index (χ0v) is 16.8. The Labute approximate surface area is 176 Å². The van der Waals surface area contributed by atoms with Gasteiger partial charge in [-0.2, -0.15) is 13.2 Å². The lowest BCUT2D eigenvalue weighted by Crippen LogP contribution is -2.39. The Bertz CT molecular complexity index is 969. The number of aromatic amines is 1. The van der Waals surface area contributed by atoms with Crippen LogP contribution < -0.4 is 16.6 Å². The molecule has 1 saturated heterocycles. The van der Waals surface area contributed by atoms with Crippen molar-refractivity contribution in [2.45, 2.75) is 25.6 Å². The molecule has 0 saturated carbocycles. The third-order valence-electron chi connectivity index (χ3n) is 5.18. The second-order valence-electron chi connectivity index (χ2n) is 7.40. The summed E-state index contributed by atoms with van der Waals surface area (Å²) in [7, 11) is 0. The van der Waals surface area contributed by atoms with Crippen LogP contribution in [0.3, 0.4) is 0 Å². The first kappa shape index (κ1) is 22.2. The van der Waals surface area contributed by atoms with Gasteiger partial charge in [-0.05, 0) is 49.5 Å². The van der Waals surface area contributed by atoms with Crippen LogP contribution in [-0.2, 0) is 12.7 Å². The van der Waals surface area contributed by atoms with E-state index in [4.69, 9.17) is 17.3 Å². The maximum atomic E-state index is 12.9. The summed E-state index contributed by atoms with van der Waals surface area (Å²) < 4.78 is 38.6. The number of hydrogen-bond acceptors (Lipinski definition) is 4. The summed E-state index contributed by atoms with van der Waals surface area (Å²) in [6.45, 7) is 2.27. The second-order valence-corrected chi connectivity index (χ2v) is 7.81. The number of piperidine rings is 1. The Morgan fingerprint density at radius 2 is 1.97 bits per heavy atom. The maximum Gasteiger partial charge on any atom is 0.416 e. The molecule has 0 aliphatic carbocycles. The molecule has 1 amide bonds. The van der Waals surface area contributed by atoms with Gasteiger partial charge in [0.05, 0.1) is 10.6 Å². The summed E-state index contributed by atoms with van der Waals surface area (Å²) in [6, 6.07) is 6.60. The van der Waals surface area contributed by atoms with Crippen LogP contribution in [-0.4, -0.2) is 35.4 Å². The van der Waals surface area contributed by atoms with Gasteiger partial charge in [-0.1, -0.05) is 29.8 Å². The number of halogens is 4. The van der Waals surface area contributed by atoms with Crippen LogP contribution in [0.2, 0.25) is 5.02 Å². The minimum atomic E-state index is -4.35. The minimum Gasteiger partial charge on any atom is -0.384 e. The van der Waals surface area contributed by atoms with E-state index in [0.29, 0.717) is 31.7 Å². The number of hydrogen-bond donors (Lipinski definition) is 3. The molecule has 1 aromatic carbocycles. The number of rotatable bonds is 5. The van der Waals surface area contributed by atoms with Gasteiger partial charge in [0.2, 0.25) is 0 Å². The number of anilines is 1. The fourth-order valence-corrected chi connectivity index (χ4v) is 3.63. The molecule has 0 atom stereocenters. The van der Waals surface area contributed by atoms with Crippen molar-refractivity contribution in [2.24, 2.45) is 5.92 Å². The quantitative estimate of drug-likeness (QED) is 0.662. The van der Waals surface area contributed by atoms with E-state index in [1.165, 1.54) is 18.2 Å². The number of carbonyl (C=O) groups excluding carboxylic acids is 1. The molecule has 3 rings (SSSR count). The van der Waals surface area contributed by atoms with E-state index in [0.717, 1.165) is 18.9 Å². The first-order valence-electron chi connectivity index (χ1n) is 9.48. The molecule has 30 heavy (non-hydrogen) atoms. The first-order chi connectivity index (χ1) is 14.1. The fourth-order valence-electron chi connectivity index (χ4n) is 3.47. The standard InChI is InChI=1S/C20H22ClF3N4O2/c21-16-9-15(19(30)27-17(16)25)18(29)26-10-12-4-6-28(7-5-12)11-13-2-1-3-14(8-13)20(22,23)24/h1-3,8-9,12H,4-7,10-11H2,(H,26,29)(H3,25,27,30). The number of nitrogens with two attached hydrogens (primary N) is 1. The molecule has 2 aromatic rings. The second kappa shape index (κ2) is 9.09. The largest absolute Gasteiger partial charge is 0.416 e. The summed E-state index contributed by atoms with van der Waals surface area (Å²) in [4.78, 5) is 28.5. The van der Waals surface area contributed by atoms with Gasteiger partial charge in [-0.15, -0.1) is 0 Å². The van der Waals surface area contributed by atoms with Gasteiger partial charge < -0.3 is 16.0 Å². The molecule has 0 bridgehead atoms. The molecule has 10 heteroatoms. The molecule has 0 spiro atoms. The predicted octanol–water partition coefficient (Wildman–Crippen LogP) is 3.27. The van der Waals surface area contributed by atoms with Crippen molar-refractivity contribution in [2.75, 3.05) is 25.4 Å². The zero-order valence-electron chi connectivity index (χ0n) is 16.1. The Kier molecular flexibility index (Phi) is 6.72. The smallest absolute Gasteiger partial charge is 0.384 e. The lowest BCUT2D eigenvalue weighted by atomic mass is 9.96. The fraction of sp³-hybridized carbons (Fsp3) is 0.400. The monoisotopic (exact) mass is 442 g/mol. The number of carbonyl (C=O) groups is 1. The van der Waals surface area contributed by atoms with E-state index in [-0.39, 0.29) is 22.3 Å². The van der Waals surface area contributed by atoms with Gasteiger partial charge in [0, 0.05) is 13.1 Å². The first-order valence-corrected chi connectivity index (χ1v) is 9.86. The van der Waals surface area contributed by atoms with E-state index >= 15 is 0 Å². The van der Waals surface area contributed by atoms with Crippen LogP contribution in [0.5, 0.6) is 0 Å². The highest BCUT2D eigenvalue weighted by atomic mass is 35.5. The van der Waals surface area contributed by atoms with Crippen molar-refractivity contribution in [1.82, 2.24) is 15.2 Å². The lowest BCUT2D eigenvalue weighted by Gasteiger charge is -2.32. The number of alkyl halides is 3. The number of H-pyrrole nitrogens is 1. The molecule has 1 aliphatic heterocycles. The Morgan fingerprint density at radius 3 is 2.63 bits per heavy atom. The predicted molar refractivity (Wildman–Crippen MR) is 108 cm³/mol. The molecule has 1 fully saturated rings. The molecular weight excluding hydrogens is 421 g/mol. The van der Waals surface area contributed by atoms with Gasteiger partial charge in [0.25, 0.3) is 11.5 Å². The number of pyridine rings is 1. The Balaban J connectivity index is 1.49. The summed E-state index contributed by atoms with van der Waals surface area (Å²) in [5.74, 6) is -0.300. The van der Waals surface area contributed by atoms with E-state index in [9.17, 15) is 22.8 Å². The van der Waals surface area contributed by atoms with E-state index in [2.05, 4.69) is 15.2 Å². The molecule has 1 aliphatic rings. The molecule has 4 N–H and O–H groups in total. The molecule has 1 aromatic heterocycles. The highest BCUT2D eigenvalue weighted by molar-refractivity contribution is 6.33. The third-order valence-corrected chi connectivity index (χ3v) is 5.50. The number of amides is 1. The summed E-state index contributed by atoms with van der Waals surface area (Å²) in [6.07, 6.45) is -2.77. The Hall–Kier alpha value is -2.52. The van der Waals surface area contributed by atoms with Crippen molar-refractivity contribution >= 4 is 23.3 Å². The normalized spacial score (nSPS) is 15.9. The average molecular weight is 443 g/mol. The average Bonchev–Trinajstić information content (AvgIpc) is 2.69. The van der Waals surface area contributed by atoms with Crippen molar-refractivity contribution in [1.29, 1.82) is 0 Å². The molecule has 162 valence electrons. The highest BCUT2D eigenvalue weighted by Gasteiger charge is 2.30. The SMILES string of the molecule is Nc1[nH]c(=O)c(C(=O)NCC2CCN(Cc3cccc(C(F)(F)F)c3)CC2)cc1Cl. The lowest BCUT2D eigenvalue weighted by molar-refractivity contribution is -0.137. The summed E-state index contributed by atoms with van der Waals surface area (Å²) in [5, 5.41) is 2.84. The van der Waals surface area contributed by atoms with E-state index in [1.54, 1.807) is 6.07 Å². The molecular formula is C20H22ClF3N4O2. The number of likely N-dealkylation sites (tertiary alicyclic amines) is 1. The van der Waals surface area contributed by atoms with Gasteiger partial charge in [0.1, 0.15) is 11.4 Å². The van der Waals surface area contributed by atoms with Crippen molar-refractivity contribution in [3.05, 3.63) is 62.4 Å². The zero-order chi connectivity index (χ0) is 21.9. The van der Waals surface area contributed by atoms with Crippen LogP contribution >= 0.6 is 11.6 Å². The highest BCUT2D eigenvalue weighted by Crippen LogP contribution is 2.30. The van der Waals surface area contributed by atoms with Crippen LogP contribution in [0, 0.1) is 5.92 Å². The molecule has 2 heterocycles. The van der Waals surface area contributed by atoms with E-state index < -0.39 is 23.2 Å². The molecule has 6 nitrogen and oxygen atoms in total. The van der Waals surface area contributed by atoms with Gasteiger partial charge in [0.15, 0.2) is 0 Å². The number of benzene rings is 1. The minimum absolute atomic E-state index is 0.00589. The summed E-state index contributed by atoms with van der Waals surface area (Å²) >= 11 is 5.85. The number of nitrogen functional groups attached to an aromatic ring is 1. The van der Waals surface area contributed by atoms with E-state index in [1.807, 2.05) is 0 Å². The van der Waals surface area contributed by atoms with Gasteiger partial charge in [-0.25, -0.2) is 0 Å². The number of nitrogens with one attached hydrogen (secondary N) is 2. The topological polar surface area (TPSA) is 91.2 Å². The van der Waals surface area contributed by atoms with Crippen molar-refractivity contribution in [3.63, 3.8) is 0 Å². The van der Waals surface area contributed by atoms with Crippen LogP contribution in [0.25, 0.3) is 0 Å². The van der Waals surface area contributed by atoms with Gasteiger partial charge in [-0.3, -0.25) is 14.5 Å². The van der Waals surface area contributed by atoms with Crippen LogP contribution in [0.15, 0.2) is 35.1 Å².